The van der Waals surface area contributed by atoms with Crippen LogP contribution in [-0.2, 0) is 6.54 Å². The van der Waals surface area contributed by atoms with Gasteiger partial charge in [0.05, 0.1) is 18.2 Å². The van der Waals surface area contributed by atoms with Crippen LogP contribution < -0.4 is 24.3 Å². The smallest absolute Gasteiger partial charge is 0.179 e. The van der Waals surface area contributed by atoms with Crippen molar-refractivity contribution in [3.8, 4) is 23.0 Å². The van der Waals surface area contributed by atoms with Crippen LogP contribution >= 0.6 is 11.6 Å². The Labute approximate surface area is 151 Å². The molecule has 2 aromatic rings. The zero-order chi connectivity index (χ0) is 17.1. The minimum atomic E-state index is -0.0224. The molecule has 0 radical (unpaired) electrons. The average molecular weight is 362 g/mol. The molecular formula is C19H20ClNO4. The van der Waals surface area contributed by atoms with E-state index in [1.807, 2.05) is 36.4 Å². The first-order chi connectivity index (χ1) is 12.3. The van der Waals surface area contributed by atoms with Crippen molar-refractivity contribution >= 4 is 11.6 Å². The number of hydrogen-bond donors (Lipinski definition) is 1. The van der Waals surface area contributed by atoms with Gasteiger partial charge in [-0.2, -0.15) is 0 Å². The zero-order valence-electron chi connectivity index (χ0n) is 13.8. The molecule has 2 aromatic carbocycles. The van der Waals surface area contributed by atoms with Gasteiger partial charge < -0.3 is 24.3 Å². The fourth-order valence-electron chi connectivity index (χ4n) is 2.93. The molecule has 0 bridgehead atoms. The number of ether oxygens (including phenoxy) is 4. The molecule has 2 aliphatic rings. The fourth-order valence-corrected chi connectivity index (χ4v) is 3.22. The number of benzene rings is 2. The standard InChI is InChI=1S/C19H20ClNO4/c20-15-8-13(9-18-19(15)23-7-3-6-22-18)10-21-11-14-12-24-16-4-1-2-5-17(16)25-14/h1-2,4-5,8-9,14,21H,3,6-7,10-12H2/t14-/m1/s1. The first kappa shape index (κ1) is 16.4. The number of fused-ring (bicyclic) bond motifs is 2. The van der Waals surface area contributed by atoms with Crippen molar-refractivity contribution in [1.82, 2.24) is 5.32 Å². The number of nitrogens with one attached hydrogen (secondary N) is 1. The van der Waals surface area contributed by atoms with Crippen LogP contribution in [0.5, 0.6) is 23.0 Å². The molecule has 4 rings (SSSR count). The van der Waals surface area contributed by atoms with Gasteiger partial charge in [-0.25, -0.2) is 0 Å². The van der Waals surface area contributed by atoms with E-state index < -0.39 is 0 Å². The summed E-state index contributed by atoms with van der Waals surface area (Å²) in [6.07, 6.45) is 0.838. The second-order valence-corrected chi connectivity index (χ2v) is 6.49. The Morgan fingerprint density at radius 2 is 1.84 bits per heavy atom. The van der Waals surface area contributed by atoms with Crippen LogP contribution in [0.4, 0.5) is 0 Å². The average Bonchev–Trinajstić information content (AvgIpc) is 2.87. The molecule has 2 heterocycles. The summed E-state index contributed by atoms with van der Waals surface area (Å²) >= 11 is 6.33. The second-order valence-electron chi connectivity index (χ2n) is 6.08. The topological polar surface area (TPSA) is 49.0 Å². The van der Waals surface area contributed by atoms with E-state index in [1.165, 1.54) is 0 Å². The highest BCUT2D eigenvalue weighted by molar-refractivity contribution is 6.32. The van der Waals surface area contributed by atoms with Crippen molar-refractivity contribution in [2.24, 2.45) is 0 Å². The molecule has 5 nitrogen and oxygen atoms in total. The third-order valence-corrected chi connectivity index (χ3v) is 4.41. The molecule has 0 fully saturated rings. The van der Waals surface area contributed by atoms with Crippen LogP contribution in [0, 0.1) is 0 Å². The van der Waals surface area contributed by atoms with Crippen LogP contribution in [0.2, 0.25) is 5.02 Å². The lowest BCUT2D eigenvalue weighted by molar-refractivity contribution is 0.0902. The highest BCUT2D eigenvalue weighted by Gasteiger charge is 2.20. The molecule has 2 aliphatic heterocycles. The summed E-state index contributed by atoms with van der Waals surface area (Å²) in [7, 11) is 0. The molecule has 0 unspecified atom stereocenters. The monoisotopic (exact) mass is 361 g/mol. The van der Waals surface area contributed by atoms with Crippen molar-refractivity contribution in [2.75, 3.05) is 26.4 Å². The Bertz CT molecular complexity index is 752. The van der Waals surface area contributed by atoms with Crippen molar-refractivity contribution in [2.45, 2.75) is 19.1 Å². The van der Waals surface area contributed by atoms with Crippen molar-refractivity contribution in [1.29, 1.82) is 0 Å². The lowest BCUT2D eigenvalue weighted by atomic mass is 10.2. The number of hydrogen-bond acceptors (Lipinski definition) is 5. The van der Waals surface area contributed by atoms with Crippen LogP contribution in [-0.4, -0.2) is 32.5 Å². The van der Waals surface area contributed by atoms with Crippen molar-refractivity contribution in [3.63, 3.8) is 0 Å². The van der Waals surface area contributed by atoms with Gasteiger partial charge in [0.25, 0.3) is 0 Å². The maximum atomic E-state index is 6.33. The van der Waals surface area contributed by atoms with Gasteiger partial charge in [0.1, 0.15) is 12.7 Å². The Morgan fingerprint density at radius 1 is 1.00 bits per heavy atom. The Morgan fingerprint density at radius 3 is 2.76 bits per heavy atom. The number of para-hydroxylation sites is 2. The van der Waals surface area contributed by atoms with E-state index in [2.05, 4.69) is 5.32 Å². The first-order valence-electron chi connectivity index (χ1n) is 8.47. The van der Waals surface area contributed by atoms with Crippen LogP contribution in [0.3, 0.4) is 0 Å². The van der Waals surface area contributed by atoms with Gasteiger partial charge in [-0.1, -0.05) is 23.7 Å². The van der Waals surface area contributed by atoms with E-state index in [0.29, 0.717) is 49.4 Å². The third-order valence-electron chi connectivity index (χ3n) is 4.13. The van der Waals surface area contributed by atoms with Gasteiger partial charge in [0, 0.05) is 19.5 Å². The molecule has 1 N–H and O–H groups in total. The van der Waals surface area contributed by atoms with Crippen molar-refractivity contribution < 1.29 is 18.9 Å². The van der Waals surface area contributed by atoms with E-state index in [1.54, 1.807) is 0 Å². The summed E-state index contributed by atoms with van der Waals surface area (Å²) in [6, 6.07) is 11.6. The Balaban J connectivity index is 1.35. The highest BCUT2D eigenvalue weighted by atomic mass is 35.5. The Hall–Kier alpha value is -2.11. The lowest BCUT2D eigenvalue weighted by Crippen LogP contribution is -2.38. The van der Waals surface area contributed by atoms with E-state index in [9.17, 15) is 0 Å². The van der Waals surface area contributed by atoms with E-state index >= 15 is 0 Å². The van der Waals surface area contributed by atoms with Crippen molar-refractivity contribution in [3.05, 3.63) is 47.0 Å². The molecule has 0 aliphatic carbocycles. The molecule has 132 valence electrons. The zero-order valence-corrected chi connectivity index (χ0v) is 14.6. The quantitative estimate of drug-likeness (QED) is 0.904. The molecule has 0 aromatic heterocycles. The number of rotatable bonds is 4. The van der Waals surface area contributed by atoms with Gasteiger partial charge in [0.2, 0.25) is 0 Å². The van der Waals surface area contributed by atoms with Crippen LogP contribution in [0.25, 0.3) is 0 Å². The minimum Gasteiger partial charge on any atom is -0.489 e. The normalized spacial score (nSPS) is 18.5. The predicted molar refractivity (Wildman–Crippen MR) is 95.1 cm³/mol. The van der Waals surface area contributed by atoms with Gasteiger partial charge >= 0.3 is 0 Å². The summed E-state index contributed by atoms with van der Waals surface area (Å²) in [4.78, 5) is 0. The van der Waals surface area contributed by atoms with Crippen LogP contribution in [0.15, 0.2) is 36.4 Å². The fraction of sp³-hybridized carbons (Fsp3) is 0.368. The molecular weight excluding hydrogens is 342 g/mol. The summed E-state index contributed by atoms with van der Waals surface area (Å²) in [6.45, 7) is 3.15. The summed E-state index contributed by atoms with van der Waals surface area (Å²) in [5.74, 6) is 2.95. The van der Waals surface area contributed by atoms with Gasteiger partial charge in [-0.05, 0) is 29.8 Å². The van der Waals surface area contributed by atoms with Gasteiger partial charge in [-0.3, -0.25) is 0 Å². The maximum absolute atomic E-state index is 6.33. The molecule has 1 atom stereocenters. The molecule has 0 spiro atoms. The Kier molecular flexibility index (Phi) is 4.85. The molecule has 25 heavy (non-hydrogen) atoms. The molecule has 0 saturated heterocycles. The lowest BCUT2D eigenvalue weighted by Gasteiger charge is -2.26. The van der Waals surface area contributed by atoms with E-state index in [0.717, 1.165) is 23.5 Å². The van der Waals surface area contributed by atoms with Gasteiger partial charge in [0.15, 0.2) is 23.0 Å². The predicted octanol–water partition coefficient (Wildman–Crippen LogP) is 3.43. The van der Waals surface area contributed by atoms with Gasteiger partial charge in [-0.15, -0.1) is 0 Å². The number of halogens is 1. The molecule has 6 heteroatoms. The summed E-state index contributed by atoms with van der Waals surface area (Å²) in [5, 5.41) is 3.98. The maximum Gasteiger partial charge on any atom is 0.179 e. The summed E-state index contributed by atoms with van der Waals surface area (Å²) in [5.41, 5.74) is 1.05. The van der Waals surface area contributed by atoms with E-state index in [4.69, 9.17) is 30.5 Å². The molecule has 0 saturated carbocycles. The minimum absolute atomic E-state index is 0.0224. The van der Waals surface area contributed by atoms with E-state index in [-0.39, 0.29) is 6.10 Å². The van der Waals surface area contributed by atoms with Crippen LogP contribution in [0.1, 0.15) is 12.0 Å². The highest BCUT2D eigenvalue weighted by Crippen LogP contribution is 2.38. The SMILES string of the molecule is Clc1cc(CNC[C@@H]2COc3ccccc3O2)cc2c1OCCCO2. The largest absolute Gasteiger partial charge is 0.489 e. The summed E-state index contributed by atoms with van der Waals surface area (Å²) < 4.78 is 23.0. The first-order valence-corrected chi connectivity index (χ1v) is 8.84. The second kappa shape index (κ2) is 7.42. The third kappa shape index (κ3) is 3.78. The molecule has 0 amide bonds.